The second-order valence-corrected chi connectivity index (χ2v) is 10.1. The lowest BCUT2D eigenvalue weighted by atomic mass is 9.89. The lowest BCUT2D eigenvalue weighted by molar-refractivity contribution is -0.136. The quantitative estimate of drug-likeness (QED) is 0.439. The number of rotatable bonds is 5. The summed E-state index contributed by atoms with van der Waals surface area (Å²) in [6.07, 6.45) is -0.358. The minimum absolute atomic E-state index is 0.242. The number of aliphatic hydroxyl groups is 1. The Morgan fingerprint density at radius 2 is 1.76 bits per heavy atom. The van der Waals surface area contributed by atoms with E-state index in [0.29, 0.717) is 26.2 Å². The van der Waals surface area contributed by atoms with Gasteiger partial charge in [-0.05, 0) is 64.0 Å². The molecule has 1 aliphatic heterocycles. The van der Waals surface area contributed by atoms with Crippen LogP contribution >= 0.6 is 50.5 Å². The van der Waals surface area contributed by atoms with Gasteiger partial charge in [-0.1, -0.05) is 35.3 Å². The molecule has 0 fully saturated rings. The zero-order chi connectivity index (χ0) is 20.8. The Morgan fingerprint density at radius 1 is 1.07 bits per heavy atom. The maximum Gasteiger partial charge on any atom is 0.264 e. The van der Waals surface area contributed by atoms with Crippen molar-refractivity contribution in [2.24, 2.45) is 0 Å². The van der Waals surface area contributed by atoms with Crippen LogP contribution in [-0.2, 0) is 16.9 Å². The lowest BCUT2D eigenvalue weighted by Crippen LogP contribution is -2.41. The zero-order valence-electron chi connectivity index (χ0n) is 14.9. The van der Waals surface area contributed by atoms with Crippen molar-refractivity contribution in [3.8, 4) is 0 Å². The van der Waals surface area contributed by atoms with Crippen molar-refractivity contribution in [3.05, 3.63) is 84.4 Å². The predicted molar refractivity (Wildman–Crippen MR) is 119 cm³/mol. The van der Waals surface area contributed by atoms with Gasteiger partial charge < -0.3 is 10.0 Å². The van der Waals surface area contributed by atoms with E-state index in [9.17, 15) is 14.7 Å². The Bertz CT molecular complexity index is 1120. The van der Waals surface area contributed by atoms with E-state index in [1.165, 1.54) is 16.2 Å². The molecular weight excluding hydrogens is 497 g/mol. The summed E-state index contributed by atoms with van der Waals surface area (Å²) in [6, 6.07) is 15.4. The van der Waals surface area contributed by atoms with Crippen LogP contribution in [0.1, 0.15) is 27.2 Å². The number of carbonyl (C=O) groups excluding carboxylic acids is 2. The number of halogens is 3. The van der Waals surface area contributed by atoms with Crippen LogP contribution in [-0.4, -0.2) is 16.8 Å². The molecule has 0 radical (unpaired) electrons. The Labute approximate surface area is 189 Å². The number of amides is 1. The van der Waals surface area contributed by atoms with Gasteiger partial charge in [-0.2, -0.15) is 0 Å². The van der Waals surface area contributed by atoms with Gasteiger partial charge in [-0.15, -0.1) is 11.3 Å². The van der Waals surface area contributed by atoms with Crippen molar-refractivity contribution in [1.29, 1.82) is 0 Å². The number of nitrogens with zero attached hydrogens (tertiary/aromatic N) is 1. The van der Waals surface area contributed by atoms with Crippen molar-refractivity contribution < 1.29 is 14.7 Å². The number of carbonyl (C=O) groups is 2. The highest BCUT2D eigenvalue weighted by Gasteiger charge is 2.51. The molecule has 0 spiro atoms. The molecule has 0 aliphatic carbocycles. The van der Waals surface area contributed by atoms with Crippen LogP contribution in [0.5, 0.6) is 0 Å². The van der Waals surface area contributed by atoms with Crippen molar-refractivity contribution in [3.63, 3.8) is 0 Å². The normalized spacial score (nSPS) is 18.2. The Hall–Kier alpha value is -1.70. The molecular formula is C21H14BrCl2NO3S. The fourth-order valence-corrected chi connectivity index (χ4v) is 5.03. The van der Waals surface area contributed by atoms with Crippen molar-refractivity contribution in [2.75, 3.05) is 4.90 Å². The van der Waals surface area contributed by atoms with E-state index in [2.05, 4.69) is 15.9 Å². The summed E-state index contributed by atoms with van der Waals surface area (Å²) in [7, 11) is 0. The molecule has 8 heteroatoms. The van der Waals surface area contributed by atoms with E-state index in [4.69, 9.17) is 23.2 Å². The van der Waals surface area contributed by atoms with Gasteiger partial charge in [-0.25, -0.2) is 0 Å². The summed E-state index contributed by atoms with van der Waals surface area (Å²) >= 11 is 16.7. The fourth-order valence-electron chi connectivity index (χ4n) is 3.41. The highest BCUT2D eigenvalue weighted by Crippen LogP contribution is 2.45. The highest BCUT2D eigenvalue weighted by atomic mass is 79.9. The summed E-state index contributed by atoms with van der Waals surface area (Å²) in [6.45, 7) is 0.242. The second-order valence-electron chi connectivity index (χ2n) is 6.74. The van der Waals surface area contributed by atoms with E-state index in [0.717, 1.165) is 9.35 Å². The molecule has 3 aromatic rings. The first-order valence-electron chi connectivity index (χ1n) is 8.65. The van der Waals surface area contributed by atoms with E-state index in [1.807, 2.05) is 12.1 Å². The zero-order valence-corrected chi connectivity index (χ0v) is 18.8. The first-order valence-corrected chi connectivity index (χ1v) is 11.0. The van der Waals surface area contributed by atoms with Crippen molar-refractivity contribution in [2.45, 2.75) is 18.6 Å². The summed E-state index contributed by atoms with van der Waals surface area (Å²) in [5, 5.41) is 12.3. The lowest BCUT2D eigenvalue weighted by Gasteiger charge is -2.22. The third kappa shape index (κ3) is 3.88. The van der Waals surface area contributed by atoms with Gasteiger partial charge in [0, 0.05) is 15.6 Å². The molecule has 0 unspecified atom stereocenters. The van der Waals surface area contributed by atoms with E-state index in [-0.39, 0.29) is 18.7 Å². The molecule has 29 heavy (non-hydrogen) atoms. The average molecular weight is 511 g/mol. The van der Waals surface area contributed by atoms with Crippen LogP contribution in [0.2, 0.25) is 10.0 Å². The first kappa shape index (κ1) is 20.6. The fraction of sp³-hybridized carbons (Fsp3) is 0.143. The molecule has 1 atom stereocenters. The molecule has 4 nitrogen and oxygen atoms in total. The van der Waals surface area contributed by atoms with E-state index in [1.54, 1.807) is 42.5 Å². The van der Waals surface area contributed by atoms with Gasteiger partial charge in [0.25, 0.3) is 5.91 Å². The van der Waals surface area contributed by atoms with Gasteiger partial charge in [0.15, 0.2) is 11.4 Å². The first-order chi connectivity index (χ1) is 13.8. The molecule has 148 valence electrons. The van der Waals surface area contributed by atoms with Crippen LogP contribution in [0.15, 0.2) is 58.4 Å². The highest BCUT2D eigenvalue weighted by molar-refractivity contribution is 9.11. The minimum Gasteiger partial charge on any atom is -0.375 e. The molecule has 1 aromatic heterocycles. The number of anilines is 1. The predicted octanol–water partition coefficient (Wildman–Crippen LogP) is 5.82. The number of hydrogen-bond acceptors (Lipinski definition) is 4. The smallest absolute Gasteiger partial charge is 0.264 e. The standard InChI is InChI=1S/C21H14BrCl2NO3S/c22-19-8-7-18(29-19)17(26)10-21(28)15-9-14(24)5-6-16(15)25(20(21)27)11-12-1-3-13(23)4-2-12/h1-9,28H,10-11H2/t21-/m1/s1. The van der Waals surface area contributed by atoms with Crippen LogP contribution in [0.25, 0.3) is 0 Å². The molecule has 0 bridgehead atoms. The Morgan fingerprint density at radius 3 is 2.41 bits per heavy atom. The molecule has 2 aromatic carbocycles. The van der Waals surface area contributed by atoms with Crippen LogP contribution in [0.4, 0.5) is 5.69 Å². The minimum atomic E-state index is -1.97. The molecule has 2 heterocycles. The largest absolute Gasteiger partial charge is 0.375 e. The van der Waals surface area contributed by atoms with Gasteiger partial charge in [0.2, 0.25) is 0 Å². The number of fused-ring (bicyclic) bond motifs is 1. The summed E-state index contributed by atoms with van der Waals surface area (Å²) in [4.78, 5) is 28.0. The number of ketones is 1. The molecule has 0 saturated heterocycles. The third-order valence-electron chi connectivity index (χ3n) is 4.81. The second kappa shape index (κ2) is 7.85. The maximum atomic E-state index is 13.3. The summed E-state index contributed by atoms with van der Waals surface area (Å²) < 4.78 is 0.804. The van der Waals surface area contributed by atoms with Gasteiger partial charge in [-0.3, -0.25) is 9.59 Å². The van der Waals surface area contributed by atoms with Crippen LogP contribution < -0.4 is 4.90 Å². The average Bonchev–Trinajstić information content (AvgIpc) is 3.20. The Balaban J connectivity index is 1.71. The number of Topliss-reactive ketones (excluding diaryl/α,β-unsaturated/α-hetero) is 1. The van der Waals surface area contributed by atoms with Crippen LogP contribution in [0.3, 0.4) is 0 Å². The third-order valence-corrected chi connectivity index (χ3v) is 6.96. The number of hydrogen-bond donors (Lipinski definition) is 1. The maximum absolute atomic E-state index is 13.3. The summed E-state index contributed by atoms with van der Waals surface area (Å²) in [5.41, 5.74) is -0.244. The van der Waals surface area contributed by atoms with Gasteiger partial charge in [0.1, 0.15) is 0 Å². The van der Waals surface area contributed by atoms with Crippen molar-refractivity contribution in [1.82, 2.24) is 0 Å². The van der Waals surface area contributed by atoms with E-state index < -0.39 is 11.5 Å². The van der Waals surface area contributed by atoms with Gasteiger partial charge >= 0.3 is 0 Å². The Kier molecular flexibility index (Phi) is 5.57. The van der Waals surface area contributed by atoms with Crippen molar-refractivity contribution >= 4 is 67.8 Å². The number of thiophene rings is 1. The molecule has 4 rings (SSSR count). The van der Waals surface area contributed by atoms with E-state index >= 15 is 0 Å². The monoisotopic (exact) mass is 509 g/mol. The topological polar surface area (TPSA) is 57.6 Å². The molecule has 1 N–H and O–H groups in total. The van der Waals surface area contributed by atoms with Crippen LogP contribution in [0, 0.1) is 0 Å². The SMILES string of the molecule is O=C(C[C@]1(O)C(=O)N(Cc2ccc(Cl)cc2)c2ccc(Cl)cc21)c1ccc(Br)s1. The van der Waals surface area contributed by atoms with Gasteiger partial charge in [0.05, 0.1) is 27.3 Å². The summed E-state index contributed by atoms with van der Waals surface area (Å²) in [5.74, 6) is -0.857. The molecule has 0 saturated carbocycles. The molecule has 1 aliphatic rings. The molecule has 1 amide bonds. The number of benzene rings is 2.